The molecule has 0 amide bonds. The Labute approximate surface area is 232 Å². The Hall–Kier alpha value is -2.39. The zero-order chi connectivity index (χ0) is 28.2. The summed E-state index contributed by atoms with van der Waals surface area (Å²) in [6.45, 7) is 11.9. The number of benzene rings is 1. The van der Waals surface area contributed by atoms with E-state index in [1.807, 2.05) is 32.0 Å². The molecule has 0 aromatic heterocycles. The van der Waals surface area contributed by atoms with Gasteiger partial charge >= 0.3 is 5.97 Å². The van der Waals surface area contributed by atoms with Crippen molar-refractivity contribution in [2.45, 2.75) is 89.5 Å². The molecule has 1 spiro atoms. The van der Waals surface area contributed by atoms with Gasteiger partial charge in [-0.1, -0.05) is 17.7 Å². The molecule has 4 rings (SSSR count). The molecule has 3 aliphatic rings. The molecule has 0 bridgehead atoms. The lowest BCUT2D eigenvalue weighted by molar-refractivity contribution is -0.166. The molecule has 2 unspecified atom stereocenters. The van der Waals surface area contributed by atoms with Gasteiger partial charge in [0, 0.05) is 13.2 Å². The van der Waals surface area contributed by atoms with E-state index in [4.69, 9.17) is 33.2 Å². The SMILES string of the molecule is COc1cc(/C=C/C(=O)OC2CC[C@]3(CO3)[C@@H](C3(C)O[C@H]3CC=C(C)C)[C@@H]2OC)ccc1OCCOC(C)C. The zero-order valence-electron chi connectivity index (χ0n) is 24.4. The van der Waals surface area contributed by atoms with Gasteiger partial charge in [-0.15, -0.1) is 0 Å². The summed E-state index contributed by atoms with van der Waals surface area (Å²) in [6, 6.07) is 5.51. The number of esters is 1. The Morgan fingerprint density at radius 2 is 1.95 bits per heavy atom. The van der Waals surface area contributed by atoms with Gasteiger partial charge in [0.2, 0.25) is 0 Å². The lowest BCUT2D eigenvalue weighted by atomic mass is 9.68. The van der Waals surface area contributed by atoms with Crippen LogP contribution in [0.3, 0.4) is 0 Å². The molecular formula is C31H44O8. The molecule has 1 saturated carbocycles. The molecule has 2 aliphatic heterocycles. The maximum atomic E-state index is 12.9. The van der Waals surface area contributed by atoms with Gasteiger partial charge in [0.05, 0.1) is 38.4 Å². The van der Waals surface area contributed by atoms with Crippen LogP contribution < -0.4 is 9.47 Å². The van der Waals surface area contributed by atoms with Gasteiger partial charge in [0.25, 0.3) is 0 Å². The molecule has 1 aromatic rings. The molecule has 39 heavy (non-hydrogen) atoms. The maximum absolute atomic E-state index is 12.9. The third-order valence-electron chi connectivity index (χ3n) is 7.90. The fourth-order valence-corrected chi connectivity index (χ4v) is 5.77. The minimum absolute atomic E-state index is 0.0103. The van der Waals surface area contributed by atoms with Gasteiger partial charge < -0.3 is 33.2 Å². The highest BCUT2D eigenvalue weighted by atomic mass is 16.6. The van der Waals surface area contributed by atoms with E-state index in [0.29, 0.717) is 37.7 Å². The van der Waals surface area contributed by atoms with E-state index < -0.39 is 5.97 Å². The molecule has 2 heterocycles. The van der Waals surface area contributed by atoms with Crippen molar-refractivity contribution < 1.29 is 38.0 Å². The number of hydrogen-bond acceptors (Lipinski definition) is 8. The van der Waals surface area contributed by atoms with Gasteiger partial charge in [-0.3, -0.25) is 0 Å². The van der Waals surface area contributed by atoms with Crippen molar-refractivity contribution in [3.63, 3.8) is 0 Å². The summed E-state index contributed by atoms with van der Waals surface area (Å²) in [4.78, 5) is 12.9. The third kappa shape index (κ3) is 7.04. The first-order valence-corrected chi connectivity index (χ1v) is 13.9. The molecule has 2 saturated heterocycles. The van der Waals surface area contributed by atoms with Crippen molar-refractivity contribution in [2.75, 3.05) is 34.0 Å². The summed E-state index contributed by atoms with van der Waals surface area (Å²) >= 11 is 0. The van der Waals surface area contributed by atoms with Crippen LogP contribution in [0.25, 0.3) is 6.08 Å². The predicted molar refractivity (Wildman–Crippen MR) is 148 cm³/mol. The molecule has 3 fully saturated rings. The number of ether oxygens (including phenoxy) is 7. The molecule has 0 N–H and O–H groups in total. The van der Waals surface area contributed by atoms with Gasteiger partial charge in [-0.2, -0.15) is 0 Å². The number of hydrogen-bond donors (Lipinski definition) is 0. The van der Waals surface area contributed by atoms with Crippen molar-refractivity contribution >= 4 is 12.0 Å². The van der Waals surface area contributed by atoms with Gasteiger partial charge in [-0.25, -0.2) is 4.79 Å². The monoisotopic (exact) mass is 544 g/mol. The van der Waals surface area contributed by atoms with Gasteiger partial charge in [-0.05, 0) is 77.7 Å². The van der Waals surface area contributed by atoms with E-state index in [-0.39, 0.29) is 41.5 Å². The van der Waals surface area contributed by atoms with Crippen LogP contribution in [-0.4, -0.2) is 75.6 Å². The Bertz CT molecular complexity index is 1050. The zero-order valence-corrected chi connectivity index (χ0v) is 24.4. The summed E-state index contributed by atoms with van der Waals surface area (Å²) in [5.74, 6) is 0.778. The third-order valence-corrected chi connectivity index (χ3v) is 7.90. The van der Waals surface area contributed by atoms with Crippen LogP contribution in [0, 0.1) is 5.92 Å². The quantitative estimate of drug-likeness (QED) is 0.111. The van der Waals surface area contributed by atoms with Gasteiger partial charge in [0.1, 0.15) is 30.0 Å². The first-order chi connectivity index (χ1) is 18.6. The number of carbonyl (C=O) groups is 1. The topological polar surface area (TPSA) is 88.3 Å². The summed E-state index contributed by atoms with van der Waals surface area (Å²) in [6.07, 6.45) is 7.29. The van der Waals surface area contributed by atoms with Crippen LogP contribution in [0.5, 0.6) is 11.5 Å². The smallest absolute Gasteiger partial charge is 0.331 e. The number of carbonyl (C=O) groups excluding carboxylic acids is 1. The molecule has 6 atom stereocenters. The van der Waals surface area contributed by atoms with E-state index in [9.17, 15) is 4.79 Å². The average molecular weight is 545 g/mol. The molecule has 8 heteroatoms. The molecular weight excluding hydrogens is 500 g/mol. The summed E-state index contributed by atoms with van der Waals surface area (Å²) in [7, 11) is 3.26. The van der Waals surface area contributed by atoms with Crippen LogP contribution in [0.4, 0.5) is 0 Å². The fraction of sp³-hybridized carbons (Fsp3) is 0.645. The summed E-state index contributed by atoms with van der Waals surface area (Å²) in [5, 5.41) is 0. The molecule has 1 aliphatic carbocycles. The second-order valence-corrected chi connectivity index (χ2v) is 11.4. The highest BCUT2D eigenvalue weighted by Crippen LogP contribution is 2.59. The first-order valence-electron chi connectivity index (χ1n) is 13.9. The Morgan fingerprint density at radius 3 is 2.59 bits per heavy atom. The number of allylic oxidation sites excluding steroid dienone is 1. The van der Waals surface area contributed by atoms with E-state index >= 15 is 0 Å². The largest absolute Gasteiger partial charge is 0.493 e. The van der Waals surface area contributed by atoms with Crippen molar-refractivity contribution in [2.24, 2.45) is 5.92 Å². The van der Waals surface area contributed by atoms with Gasteiger partial charge in [0.15, 0.2) is 11.5 Å². The molecule has 216 valence electrons. The second-order valence-electron chi connectivity index (χ2n) is 11.4. The number of epoxide rings is 2. The Morgan fingerprint density at radius 1 is 1.18 bits per heavy atom. The standard InChI is InChI=1S/C31H44O8/c1-20(2)8-12-26-30(5,39-26)29-28(34-7)24(14-15-31(29)19-37-31)38-27(32)13-10-22-9-11-23(25(18-22)33-6)36-17-16-35-21(3)4/h8-11,13,18,21,24,26,28-29H,12,14-17,19H2,1-7H3/b13-10+/t24?,26-,28+,29+,30?,31-/m0/s1. The number of methoxy groups -OCH3 is 2. The van der Waals surface area contributed by atoms with E-state index in [1.165, 1.54) is 11.6 Å². The van der Waals surface area contributed by atoms with E-state index in [1.54, 1.807) is 20.3 Å². The van der Waals surface area contributed by atoms with Crippen molar-refractivity contribution in [3.8, 4) is 11.5 Å². The van der Waals surface area contributed by atoms with Crippen molar-refractivity contribution in [1.29, 1.82) is 0 Å². The maximum Gasteiger partial charge on any atom is 0.331 e. The minimum atomic E-state index is -0.415. The van der Waals surface area contributed by atoms with Crippen molar-refractivity contribution in [1.82, 2.24) is 0 Å². The average Bonchev–Trinajstić information content (AvgIpc) is 3.82. The highest BCUT2D eigenvalue weighted by molar-refractivity contribution is 5.87. The second kappa shape index (κ2) is 12.4. The molecule has 8 nitrogen and oxygen atoms in total. The van der Waals surface area contributed by atoms with Crippen LogP contribution in [-0.2, 0) is 28.5 Å². The van der Waals surface area contributed by atoms with Crippen molar-refractivity contribution in [3.05, 3.63) is 41.5 Å². The lowest BCUT2D eigenvalue weighted by Crippen LogP contribution is -2.55. The van der Waals surface area contributed by atoms with Crippen LogP contribution in [0.15, 0.2) is 35.9 Å². The van der Waals surface area contributed by atoms with Crippen LogP contribution in [0.2, 0.25) is 0 Å². The number of rotatable bonds is 13. The highest BCUT2D eigenvalue weighted by Gasteiger charge is 2.72. The summed E-state index contributed by atoms with van der Waals surface area (Å²) in [5.41, 5.74) is 1.44. The Kier molecular flexibility index (Phi) is 9.42. The van der Waals surface area contributed by atoms with Crippen LogP contribution in [0.1, 0.15) is 59.4 Å². The lowest BCUT2D eigenvalue weighted by Gasteiger charge is -2.42. The van der Waals surface area contributed by atoms with Crippen LogP contribution >= 0.6 is 0 Å². The minimum Gasteiger partial charge on any atom is -0.493 e. The Balaban J connectivity index is 1.38. The molecule has 0 radical (unpaired) electrons. The van der Waals surface area contributed by atoms with E-state index in [0.717, 1.165) is 18.4 Å². The van der Waals surface area contributed by atoms with E-state index in [2.05, 4.69) is 26.8 Å². The summed E-state index contributed by atoms with van der Waals surface area (Å²) < 4.78 is 40.9. The fourth-order valence-electron chi connectivity index (χ4n) is 5.77. The normalized spacial score (nSPS) is 31.4. The predicted octanol–water partition coefficient (Wildman–Crippen LogP) is 5.13. The first kappa shape index (κ1) is 29.6. The molecule has 1 aromatic carbocycles.